The highest BCUT2D eigenvalue weighted by molar-refractivity contribution is 5.33. The second kappa shape index (κ2) is 6.81. The summed E-state index contributed by atoms with van der Waals surface area (Å²) in [6.45, 7) is 2.99. The summed E-state index contributed by atoms with van der Waals surface area (Å²) in [5, 5.41) is 0. The summed E-state index contributed by atoms with van der Waals surface area (Å²) < 4.78 is 11.4. The molecular formula is C16H19NO2. The lowest BCUT2D eigenvalue weighted by Crippen LogP contribution is -2.22. The third kappa shape index (κ3) is 4.30. The maximum atomic E-state index is 5.74. The van der Waals surface area contributed by atoms with Gasteiger partial charge in [-0.3, -0.25) is 0 Å². The molecule has 0 radical (unpaired) electrons. The number of hydrogen-bond acceptors (Lipinski definition) is 3. The van der Waals surface area contributed by atoms with Gasteiger partial charge in [0.15, 0.2) is 0 Å². The van der Waals surface area contributed by atoms with Gasteiger partial charge in [-0.25, -0.2) is 0 Å². The number of rotatable bonds is 6. The molecule has 1 atom stereocenters. The van der Waals surface area contributed by atoms with Crippen LogP contribution < -0.4 is 15.2 Å². The fourth-order valence-corrected chi connectivity index (χ4v) is 1.66. The van der Waals surface area contributed by atoms with Crippen LogP contribution in [0.15, 0.2) is 54.6 Å². The van der Waals surface area contributed by atoms with E-state index in [1.54, 1.807) is 0 Å². The molecule has 0 aliphatic heterocycles. The SMILES string of the molecule is CC(CN)Oc1cccc(OCc2ccccc2)c1. The first-order valence-corrected chi connectivity index (χ1v) is 6.41. The van der Waals surface area contributed by atoms with Crippen molar-refractivity contribution in [3.63, 3.8) is 0 Å². The summed E-state index contributed by atoms with van der Waals surface area (Å²) in [5.41, 5.74) is 6.68. The lowest BCUT2D eigenvalue weighted by Gasteiger charge is -2.13. The van der Waals surface area contributed by atoms with E-state index in [1.807, 2.05) is 61.5 Å². The Balaban J connectivity index is 1.95. The van der Waals surface area contributed by atoms with Crippen LogP contribution in [0.5, 0.6) is 11.5 Å². The first-order valence-electron chi connectivity index (χ1n) is 6.41. The molecule has 1 unspecified atom stereocenters. The van der Waals surface area contributed by atoms with Crippen LogP contribution >= 0.6 is 0 Å². The molecule has 0 saturated heterocycles. The minimum absolute atomic E-state index is 0.00405. The molecular weight excluding hydrogens is 238 g/mol. The molecule has 0 aliphatic carbocycles. The highest BCUT2D eigenvalue weighted by Gasteiger charge is 2.03. The Morgan fingerprint density at radius 1 is 1.00 bits per heavy atom. The second-order valence-corrected chi connectivity index (χ2v) is 4.41. The van der Waals surface area contributed by atoms with Crippen LogP contribution in [0.2, 0.25) is 0 Å². The van der Waals surface area contributed by atoms with Gasteiger partial charge in [-0.05, 0) is 24.6 Å². The van der Waals surface area contributed by atoms with Gasteiger partial charge in [-0.2, -0.15) is 0 Å². The molecule has 0 aromatic heterocycles. The van der Waals surface area contributed by atoms with Crippen LogP contribution in [0.1, 0.15) is 12.5 Å². The maximum absolute atomic E-state index is 5.74. The lowest BCUT2D eigenvalue weighted by atomic mass is 10.2. The molecule has 0 spiro atoms. The highest BCUT2D eigenvalue weighted by atomic mass is 16.5. The van der Waals surface area contributed by atoms with E-state index in [-0.39, 0.29) is 6.10 Å². The molecule has 0 aliphatic rings. The van der Waals surface area contributed by atoms with Crippen molar-refractivity contribution in [3.05, 3.63) is 60.2 Å². The van der Waals surface area contributed by atoms with E-state index >= 15 is 0 Å². The molecule has 0 saturated carbocycles. The molecule has 0 bridgehead atoms. The van der Waals surface area contributed by atoms with E-state index in [4.69, 9.17) is 15.2 Å². The average molecular weight is 257 g/mol. The van der Waals surface area contributed by atoms with Crippen molar-refractivity contribution in [2.24, 2.45) is 5.73 Å². The summed E-state index contributed by atoms with van der Waals surface area (Å²) in [4.78, 5) is 0. The van der Waals surface area contributed by atoms with Gasteiger partial charge >= 0.3 is 0 Å². The summed E-state index contributed by atoms with van der Waals surface area (Å²) in [6.07, 6.45) is 0.00405. The maximum Gasteiger partial charge on any atom is 0.123 e. The normalized spacial score (nSPS) is 11.9. The molecule has 0 fully saturated rings. The molecule has 2 rings (SSSR count). The van der Waals surface area contributed by atoms with Gasteiger partial charge in [-0.15, -0.1) is 0 Å². The van der Waals surface area contributed by atoms with Gasteiger partial charge in [0, 0.05) is 12.6 Å². The molecule has 2 aromatic carbocycles. The molecule has 3 heteroatoms. The molecule has 3 nitrogen and oxygen atoms in total. The van der Waals surface area contributed by atoms with Crippen molar-refractivity contribution < 1.29 is 9.47 Å². The van der Waals surface area contributed by atoms with Crippen LogP contribution in [0.25, 0.3) is 0 Å². The van der Waals surface area contributed by atoms with Gasteiger partial charge in [0.05, 0.1) is 0 Å². The third-order valence-corrected chi connectivity index (χ3v) is 2.72. The largest absolute Gasteiger partial charge is 0.489 e. The van der Waals surface area contributed by atoms with Gasteiger partial charge in [-0.1, -0.05) is 36.4 Å². The Kier molecular flexibility index (Phi) is 4.81. The zero-order valence-electron chi connectivity index (χ0n) is 11.1. The van der Waals surface area contributed by atoms with E-state index < -0.39 is 0 Å². The van der Waals surface area contributed by atoms with E-state index in [0.717, 1.165) is 17.1 Å². The van der Waals surface area contributed by atoms with Crippen molar-refractivity contribution in [2.45, 2.75) is 19.6 Å². The summed E-state index contributed by atoms with van der Waals surface area (Å²) in [7, 11) is 0. The molecule has 0 heterocycles. The quantitative estimate of drug-likeness (QED) is 0.865. The second-order valence-electron chi connectivity index (χ2n) is 4.41. The van der Waals surface area contributed by atoms with Crippen molar-refractivity contribution in [2.75, 3.05) is 6.54 Å². The Morgan fingerprint density at radius 3 is 2.47 bits per heavy atom. The Bertz CT molecular complexity index is 499. The first kappa shape index (κ1) is 13.4. The number of benzene rings is 2. The minimum Gasteiger partial charge on any atom is -0.489 e. The third-order valence-electron chi connectivity index (χ3n) is 2.72. The average Bonchev–Trinajstić information content (AvgIpc) is 2.46. The Morgan fingerprint density at radius 2 is 1.74 bits per heavy atom. The summed E-state index contributed by atoms with van der Waals surface area (Å²) >= 11 is 0. The molecule has 19 heavy (non-hydrogen) atoms. The smallest absolute Gasteiger partial charge is 0.123 e. The summed E-state index contributed by atoms with van der Waals surface area (Å²) in [6, 6.07) is 17.7. The van der Waals surface area contributed by atoms with E-state index in [2.05, 4.69) is 0 Å². The van der Waals surface area contributed by atoms with E-state index in [0.29, 0.717) is 13.2 Å². The van der Waals surface area contributed by atoms with Gasteiger partial charge in [0.2, 0.25) is 0 Å². The van der Waals surface area contributed by atoms with Crippen molar-refractivity contribution in [1.82, 2.24) is 0 Å². The van der Waals surface area contributed by atoms with Crippen LogP contribution in [0.3, 0.4) is 0 Å². The number of hydrogen-bond donors (Lipinski definition) is 1. The highest BCUT2D eigenvalue weighted by Crippen LogP contribution is 2.21. The van der Waals surface area contributed by atoms with Gasteiger partial charge in [0.25, 0.3) is 0 Å². The van der Waals surface area contributed by atoms with E-state index in [9.17, 15) is 0 Å². The number of nitrogens with two attached hydrogens (primary N) is 1. The van der Waals surface area contributed by atoms with Crippen molar-refractivity contribution in [1.29, 1.82) is 0 Å². The van der Waals surface area contributed by atoms with Crippen molar-refractivity contribution in [3.8, 4) is 11.5 Å². The van der Waals surface area contributed by atoms with Crippen LogP contribution in [-0.2, 0) is 6.61 Å². The first-order chi connectivity index (χ1) is 9.28. The Labute approximate surface area is 114 Å². The molecule has 2 aromatic rings. The lowest BCUT2D eigenvalue weighted by molar-refractivity contribution is 0.227. The Hall–Kier alpha value is -2.00. The zero-order chi connectivity index (χ0) is 13.5. The van der Waals surface area contributed by atoms with Crippen molar-refractivity contribution >= 4 is 0 Å². The fourth-order valence-electron chi connectivity index (χ4n) is 1.66. The van der Waals surface area contributed by atoms with Gasteiger partial charge < -0.3 is 15.2 Å². The van der Waals surface area contributed by atoms with Gasteiger partial charge in [0.1, 0.15) is 24.2 Å². The molecule has 100 valence electrons. The van der Waals surface area contributed by atoms with Crippen LogP contribution in [0.4, 0.5) is 0 Å². The molecule has 0 amide bonds. The standard InChI is InChI=1S/C16H19NO2/c1-13(11-17)19-16-9-5-8-15(10-16)18-12-14-6-3-2-4-7-14/h2-10,13H,11-12,17H2,1H3. The predicted molar refractivity (Wildman–Crippen MR) is 76.4 cm³/mol. The number of ether oxygens (including phenoxy) is 2. The predicted octanol–water partition coefficient (Wildman–Crippen LogP) is 2.99. The molecule has 2 N–H and O–H groups in total. The summed E-state index contributed by atoms with van der Waals surface area (Å²) in [5.74, 6) is 1.58. The van der Waals surface area contributed by atoms with Crippen LogP contribution in [-0.4, -0.2) is 12.6 Å². The minimum atomic E-state index is 0.00405. The van der Waals surface area contributed by atoms with E-state index in [1.165, 1.54) is 0 Å². The monoisotopic (exact) mass is 257 g/mol. The fraction of sp³-hybridized carbons (Fsp3) is 0.250. The zero-order valence-corrected chi connectivity index (χ0v) is 11.1. The van der Waals surface area contributed by atoms with Crippen LogP contribution in [0, 0.1) is 0 Å². The topological polar surface area (TPSA) is 44.5 Å².